The van der Waals surface area contributed by atoms with Crippen LogP contribution in [-0.2, 0) is 64.2 Å². The second-order valence-corrected chi connectivity index (χ2v) is 11.8. The maximum absolute atomic E-state index is 11.8. The third kappa shape index (κ3) is 17.1. The minimum Gasteiger partial charge on any atom is -0.872 e. The summed E-state index contributed by atoms with van der Waals surface area (Å²) < 4.78 is 0. The first-order chi connectivity index (χ1) is 29.1. The summed E-state index contributed by atoms with van der Waals surface area (Å²) in [6.45, 7) is 1.94. The Morgan fingerprint density at radius 1 is 0.500 bits per heavy atom. The molecule has 16 heteroatoms. The standard InChI is InChI=1S/2C20H15N3O.2C2H4O2.2CH4O.2Cd/c2*24-19-12-6-1-7-14(19)13-21-16-9-3-2-8-15(16)20-22-17-10-4-5-11-18(17)23-20;2*1-2(3)4;2*1-2;;/h2*1-13,24H,(H,22,23);2*1H3,(H,3,4);2*2H,1H3;;/q;;;;;;2*+2/p-4. The van der Waals surface area contributed by atoms with Gasteiger partial charge in [0, 0.05) is 49.7 Å². The fourth-order valence-electron chi connectivity index (χ4n) is 5.19. The van der Waals surface area contributed by atoms with Crippen molar-refractivity contribution < 1.29 is 94.8 Å². The molecule has 2 heterocycles. The Morgan fingerprint density at radius 2 is 0.790 bits per heavy atom. The maximum Gasteiger partial charge on any atom is 2.00 e. The fourth-order valence-corrected chi connectivity index (χ4v) is 5.19. The molecule has 0 bridgehead atoms. The van der Waals surface area contributed by atoms with Gasteiger partial charge in [-0.3, -0.25) is 9.98 Å². The Kier molecular flexibility index (Phi) is 25.4. The van der Waals surface area contributed by atoms with E-state index < -0.39 is 11.9 Å². The number of rotatable bonds is 6. The number of imidazole rings is 2. The second kappa shape index (κ2) is 29.2. The largest absolute Gasteiger partial charge is 2.00 e. The van der Waals surface area contributed by atoms with E-state index in [1.807, 2.05) is 109 Å². The zero-order valence-corrected chi connectivity index (χ0v) is 42.6. The third-order valence-corrected chi connectivity index (χ3v) is 7.62. The molecule has 0 aliphatic carbocycles. The molecule has 2 aromatic heterocycles. The molecular formula is C46H42Cd2N6O8. The predicted octanol–water partition coefficient (Wildman–Crippen LogP) is 4.83. The summed E-state index contributed by atoms with van der Waals surface area (Å²) in [4.78, 5) is 42.7. The monoisotopic (exact) mass is 1030 g/mol. The van der Waals surface area contributed by atoms with Crippen molar-refractivity contribution in [1.29, 1.82) is 0 Å². The minimum absolute atomic E-state index is 0. The Balaban J connectivity index is 0.000000483. The predicted molar refractivity (Wildman–Crippen MR) is 227 cm³/mol. The van der Waals surface area contributed by atoms with Gasteiger partial charge in [0.25, 0.3) is 0 Å². The molecule has 62 heavy (non-hydrogen) atoms. The topological polar surface area (TPSA) is 249 Å². The molecule has 8 rings (SSSR count). The first kappa shape index (κ1) is 53.9. The minimum atomic E-state index is -1.08. The Morgan fingerprint density at radius 3 is 1.13 bits per heavy atom. The molecule has 0 aliphatic heterocycles. The van der Waals surface area contributed by atoms with Crippen molar-refractivity contribution >= 4 is 57.8 Å². The Hall–Kier alpha value is -6.10. The Bertz CT molecular complexity index is 2390. The van der Waals surface area contributed by atoms with Gasteiger partial charge in [-0.15, -0.1) is 11.5 Å². The molecule has 0 saturated carbocycles. The third-order valence-electron chi connectivity index (χ3n) is 7.62. The van der Waals surface area contributed by atoms with Gasteiger partial charge >= 0.3 is 54.6 Å². The molecule has 0 radical (unpaired) electrons. The van der Waals surface area contributed by atoms with Crippen LogP contribution < -0.4 is 20.4 Å². The van der Waals surface area contributed by atoms with Crippen molar-refractivity contribution in [2.24, 2.45) is 9.98 Å². The number of carbonyl (C=O) groups excluding carboxylic acids is 2. The number of aliphatic hydroxyl groups is 2. The number of aliphatic carboxylic acids is 2. The quantitative estimate of drug-likeness (QED) is 0.130. The summed E-state index contributed by atoms with van der Waals surface area (Å²) in [5, 5.41) is 55.4. The Labute approximate surface area is 398 Å². The summed E-state index contributed by atoms with van der Waals surface area (Å²) >= 11 is 0. The van der Waals surface area contributed by atoms with Gasteiger partial charge in [-0.2, -0.15) is 0 Å². The van der Waals surface area contributed by atoms with E-state index in [4.69, 9.17) is 30.0 Å². The molecule has 0 fully saturated rings. The number of hydrogen-bond donors (Lipinski definition) is 4. The van der Waals surface area contributed by atoms with Crippen LogP contribution in [0.3, 0.4) is 0 Å². The van der Waals surface area contributed by atoms with Crippen LogP contribution in [0.5, 0.6) is 11.5 Å². The smallest absolute Gasteiger partial charge is 0.872 e. The summed E-state index contributed by atoms with van der Waals surface area (Å²) in [5.74, 6) is -0.719. The van der Waals surface area contributed by atoms with Crippen molar-refractivity contribution in [3.63, 3.8) is 0 Å². The zero-order chi connectivity index (χ0) is 43.9. The normalized spacial score (nSPS) is 9.77. The average molecular weight is 1030 g/mol. The number of nitrogens with zero attached hydrogens (tertiary/aromatic N) is 4. The number of aromatic amines is 2. The zero-order valence-electron chi connectivity index (χ0n) is 34.6. The van der Waals surface area contributed by atoms with Crippen LogP contribution in [0, 0.1) is 0 Å². The number of para-hydroxylation sites is 8. The van der Waals surface area contributed by atoms with Gasteiger partial charge < -0.3 is 50.2 Å². The molecule has 308 valence electrons. The first-order valence-electron chi connectivity index (χ1n) is 18.0. The SMILES string of the molecule is CC(=O)[O-].CC(=O)[O-].CO.CO.[Cd+2].[Cd+2].[O-]c1ccccc1C=Nc1ccccc1-c1nc2ccccc2[nH]1.[O-]c1ccccc1C=Nc1ccccc1-c1nc2ccccc2[nH]1. The number of hydrogen-bond acceptors (Lipinski definition) is 12. The van der Waals surface area contributed by atoms with Crippen LogP contribution in [0.25, 0.3) is 44.8 Å². The number of aliphatic hydroxyl groups excluding tert-OH is 2. The molecule has 8 aromatic rings. The van der Waals surface area contributed by atoms with Gasteiger partial charge in [-0.25, -0.2) is 9.97 Å². The van der Waals surface area contributed by atoms with Crippen LogP contribution in [-0.4, -0.2) is 68.7 Å². The van der Waals surface area contributed by atoms with Crippen molar-refractivity contribution in [3.05, 3.63) is 157 Å². The molecular weight excluding hydrogens is 989 g/mol. The average Bonchev–Trinajstić information content (AvgIpc) is 3.90. The number of carboxylic acids is 2. The molecule has 0 spiro atoms. The number of benzene rings is 6. The van der Waals surface area contributed by atoms with E-state index in [9.17, 15) is 10.2 Å². The van der Waals surface area contributed by atoms with Gasteiger partial charge in [-0.1, -0.05) is 97.1 Å². The molecule has 14 nitrogen and oxygen atoms in total. The second-order valence-electron chi connectivity index (χ2n) is 11.8. The number of carboxylic acid groups (broad SMARTS) is 2. The number of H-pyrrole nitrogens is 2. The van der Waals surface area contributed by atoms with Gasteiger partial charge in [0.05, 0.1) is 33.4 Å². The molecule has 4 N–H and O–H groups in total. The van der Waals surface area contributed by atoms with E-state index >= 15 is 0 Å². The molecule has 0 atom stereocenters. The van der Waals surface area contributed by atoms with E-state index in [2.05, 4.69) is 29.9 Å². The number of nitrogens with one attached hydrogen (secondary N) is 2. The molecule has 0 aliphatic rings. The maximum atomic E-state index is 11.8. The molecule has 0 amide bonds. The van der Waals surface area contributed by atoms with E-state index in [0.717, 1.165) is 84.3 Å². The van der Waals surface area contributed by atoms with Gasteiger partial charge in [0.2, 0.25) is 0 Å². The molecule has 6 aromatic carbocycles. The van der Waals surface area contributed by atoms with Crippen LogP contribution in [0.1, 0.15) is 25.0 Å². The van der Waals surface area contributed by atoms with Gasteiger partial charge in [0.1, 0.15) is 11.6 Å². The van der Waals surface area contributed by atoms with Gasteiger partial charge in [0.15, 0.2) is 0 Å². The van der Waals surface area contributed by atoms with Crippen molar-refractivity contribution in [2.45, 2.75) is 13.8 Å². The van der Waals surface area contributed by atoms with E-state index in [1.165, 1.54) is 12.1 Å². The van der Waals surface area contributed by atoms with Crippen molar-refractivity contribution in [2.75, 3.05) is 14.2 Å². The number of aromatic nitrogens is 4. The van der Waals surface area contributed by atoms with Crippen LogP contribution in [0.15, 0.2) is 156 Å². The fraction of sp³-hybridized carbons (Fsp3) is 0.0870. The number of fused-ring (bicyclic) bond motifs is 2. The number of aliphatic imine (C=N–C) groups is 2. The van der Waals surface area contributed by atoms with E-state index in [1.54, 1.807) is 36.7 Å². The first-order valence-corrected chi connectivity index (χ1v) is 18.0. The summed E-state index contributed by atoms with van der Waals surface area (Å²) in [5.41, 5.74) is 8.25. The van der Waals surface area contributed by atoms with Gasteiger partial charge in [-0.05, 0) is 73.5 Å². The van der Waals surface area contributed by atoms with Crippen LogP contribution >= 0.6 is 0 Å². The summed E-state index contributed by atoms with van der Waals surface area (Å²) in [6, 6.07) is 45.0. The number of carbonyl (C=O) groups is 2. The summed E-state index contributed by atoms with van der Waals surface area (Å²) in [7, 11) is 2.00. The van der Waals surface area contributed by atoms with Crippen molar-refractivity contribution in [3.8, 4) is 34.3 Å². The molecule has 0 saturated heterocycles. The van der Waals surface area contributed by atoms with Crippen molar-refractivity contribution in [1.82, 2.24) is 19.9 Å². The van der Waals surface area contributed by atoms with Crippen LogP contribution in [0.2, 0.25) is 0 Å². The van der Waals surface area contributed by atoms with E-state index in [0.29, 0.717) is 11.1 Å². The molecule has 0 unspecified atom stereocenters. The van der Waals surface area contributed by atoms with Crippen LogP contribution in [0.4, 0.5) is 11.4 Å². The van der Waals surface area contributed by atoms with E-state index in [-0.39, 0.29) is 66.1 Å². The summed E-state index contributed by atoms with van der Waals surface area (Å²) in [6.07, 6.45) is 3.20.